The largest absolute Gasteiger partial charge is 0.508 e. The Bertz CT molecular complexity index is 1360. The highest BCUT2D eigenvalue weighted by Gasteiger charge is 2.36. The quantitative estimate of drug-likeness (QED) is 0.272. The minimum absolute atomic E-state index is 0.000613. The van der Waals surface area contributed by atoms with Gasteiger partial charge in [-0.3, -0.25) is 9.59 Å². The van der Waals surface area contributed by atoms with Gasteiger partial charge in [-0.25, -0.2) is 4.79 Å². The number of carbonyl (C=O) groups excluding carboxylic acids is 3. The number of phenolic OH excluding ortho intramolecular Hbond substituents is 1. The summed E-state index contributed by atoms with van der Waals surface area (Å²) in [7, 11) is 0. The van der Waals surface area contributed by atoms with E-state index in [0.29, 0.717) is 11.3 Å². The van der Waals surface area contributed by atoms with E-state index in [0.717, 1.165) is 16.7 Å². The van der Waals surface area contributed by atoms with Crippen molar-refractivity contribution in [3.8, 4) is 5.75 Å². The first-order chi connectivity index (χ1) is 19.4. The average Bonchev–Trinajstić information content (AvgIpc) is 2.89. The molecule has 41 heavy (non-hydrogen) atoms. The summed E-state index contributed by atoms with van der Waals surface area (Å²) in [6, 6.07) is 19.0. The van der Waals surface area contributed by atoms with E-state index in [4.69, 9.17) is 4.74 Å². The maximum atomic E-state index is 14.3. The van der Waals surface area contributed by atoms with E-state index in [1.54, 1.807) is 32.9 Å². The summed E-state index contributed by atoms with van der Waals surface area (Å²) in [5.74, 6) is -1.03. The number of carbonyl (C=O) groups is 3. The molecule has 3 rings (SSSR count). The Morgan fingerprint density at radius 2 is 1.61 bits per heavy atom. The number of benzene rings is 3. The van der Waals surface area contributed by atoms with Crippen LogP contribution in [-0.2, 0) is 20.7 Å². The van der Waals surface area contributed by atoms with Crippen LogP contribution in [0.3, 0.4) is 0 Å². The van der Waals surface area contributed by atoms with Gasteiger partial charge >= 0.3 is 6.09 Å². The van der Waals surface area contributed by atoms with Crippen LogP contribution in [0.4, 0.5) is 10.5 Å². The van der Waals surface area contributed by atoms with Crippen LogP contribution in [0.1, 0.15) is 49.1 Å². The van der Waals surface area contributed by atoms with E-state index in [1.165, 1.54) is 23.1 Å². The summed E-state index contributed by atoms with van der Waals surface area (Å²) in [5.41, 5.74) is 2.81. The van der Waals surface area contributed by atoms with Gasteiger partial charge in [0.05, 0.1) is 0 Å². The van der Waals surface area contributed by atoms with Crippen molar-refractivity contribution in [3.05, 3.63) is 108 Å². The van der Waals surface area contributed by atoms with Gasteiger partial charge in [-0.2, -0.15) is 0 Å². The van der Waals surface area contributed by atoms with E-state index < -0.39 is 35.6 Å². The molecule has 0 spiro atoms. The number of aryl methyl sites for hydroxylation is 2. The molecule has 0 aliphatic heterocycles. The third kappa shape index (κ3) is 8.70. The number of alkyl carbamates (subject to hydrolysis) is 1. The lowest BCUT2D eigenvalue weighted by molar-refractivity contribution is -0.140. The molecule has 0 fully saturated rings. The molecule has 0 radical (unpaired) electrons. The number of anilines is 1. The summed E-state index contributed by atoms with van der Waals surface area (Å²) in [6.45, 7) is 12.8. The molecular weight excluding hydrogens is 518 g/mol. The molecule has 0 aliphatic carbocycles. The Hall–Kier alpha value is -4.59. The molecule has 3 aromatic carbocycles. The van der Waals surface area contributed by atoms with Crippen molar-refractivity contribution in [2.75, 3.05) is 11.9 Å². The fourth-order valence-electron chi connectivity index (χ4n) is 4.53. The van der Waals surface area contributed by atoms with E-state index in [1.807, 2.05) is 62.4 Å². The molecular formula is C33H39N3O5. The molecule has 3 N–H and O–H groups in total. The van der Waals surface area contributed by atoms with Gasteiger partial charge in [0, 0.05) is 18.7 Å². The standard InChI is InChI=1S/C33H39N3O5/c1-7-19-36(31(39)27(20-24-15-9-8-10-16-24)34-32(40)41-33(4,5)6)29(25-17-12-18-26(37)21-25)30(38)35-28-22(2)13-11-14-23(28)3/h7-18,21,27,29,37H,1,19-20H2,2-6H3,(H,34,40)(H,35,38). The number of nitrogens with zero attached hydrogens (tertiary/aromatic N) is 1. The highest BCUT2D eigenvalue weighted by atomic mass is 16.6. The fourth-order valence-corrected chi connectivity index (χ4v) is 4.53. The van der Waals surface area contributed by atoms with Gasteiger partial charge in [-0.05, 0) is 69.0 Å². The number of aromatic hydroxyl groups is 1. The molecule has 0 saturated carbocycles. The van der Waals surface area contributed by atoms with Crippen molar-refractivity contribution in [2.45, 2.75) is 58.7 Å². The summed E-state index contributed by atoms with van der Waals surface area (Å²) in [4.78, 5) is 42.5. The lowest BCUT2D eigenvalue weighted by atomic mass is 9.99. The van der Waals surface area contributed by atoms with Crippen molar-refractivity contribution in [2.24, 2.45) is 0 Å². The first-order valence-corrected chi connectivity index (χ1v) is 13.5. The van der Waals surface area contributed by atoms with E-state index in [9.17, 15) is 19.5 Å². The highest BCUT2D eigenvalue weighted by molar-refractivity contribution is 6.00. The molecule has 2 atom stereocenters. The van der Waals surface area contributed by atoms with Crippen molar-refractivity contribution < 1.29 is 24.2 Å². The highest BCUT2D eigenvalue weighted by Crippen LogP contribution is 2.29. The zero-order valence-electron chi connectivity index (χ0n) is 24.3. The first kappa shape index (κ1) is 30.9. The summed E-state index contributed by atoms with van der Waals surface area (Å²) in [5, 5.41) is 16.0. The number of hydrogen-bond donors (Lipinski definition) is 3. The zero-order valence-corrected chi connectivity index (χ0v) is 24.3. The molecule has 0 aromatic heterocycles. The fraction of sp³-hybridized carbons (Fsp3) is 0.303. The van der Waals surface area contributed by atoms with E-state index in [2.05, 4.69) is 17.2 Å². The van der Waals surface area contributed by atoms with Gasteiger partial charge < -0.3 is 25.4 Å². The van der Waals surface area contributed by atoms with Crippen LogP contribution in [0, 0.1) is 13.8 Å². The maximum Gasteiger partial charge on any atom is 0.408 e. The van der Waals surface area contributed by atoms with Crippen LogP contribution < -0.4 is 10.6 Å². The zero-order chi connectivity index (χ0) is 30.2. The monoisotopic (exact) mass is 557 g/mol. The van der Waals surface area contributed by atoms with Gasteiger partial charge in [0.2, 0.25) is 5.91 Å². The molecule has 0 bridgehead atoms. The van der Waals surface area contributed by atoms with E-state index >= 15 is 0 Å². The second-order valence-electron chi connectivity index (χ2n) is 10.9. The Labute approximate surface area is 242 Å². The first-order valence-electron chi connectivity index (χ1n) is 13.5. The van der Waals surface area contributed by atoms with Gasteiger partial charge in [-0.15, -0.1) is 6.58 Å². The Kier molecular flexibility index (Phi) is 10.3. The van der Waals surface area contributed by atoms with Gasteiger partial charge in [0.25, 0.3) is 5.91 Å². The number of rotatable bonds is 10. The molecule has 0 heterocycles. The van der Waals surface area contributed by atoms with Gasteiger partial charge in [0.1, 0.15) is 23.4 Å². The molecule has 8 nitrogen and oxygen atoms in total. The predicted molar refractivity (Wildman–Crippen MR) is 161 cm³/mol. The molecule has 3 aromatic rings. The Morgan fingerprint density at radius 1 is 0.976 bits per heavy atom. The third-order valence-corrected chi connectivity index (χ3v) is 6.36. The van der Waals surface area contributed by atoms with Crippen LogP contribution in [0.15, 0.2) is 85.5 Å². The number of para-hydroxylation sites is 1. The topological polar surface area (TPSA) is 108 Å². The second-order valence-corrected chi connectivity index (χ2v) is 10.9. The number of hydrogen-bond acceptors (Lipinski definition) is 5. The summed E-state index contributed by atoms with van der Waals surface area (Å²) >= 11 is 0. The molecule has 8 heteroatoms. The summed E-state index contributed by atoms with van der Waals surface area (Å²) < 4.78 is 5.46. The van der Waals surface area contributed by atoms with Crippen LogP contribution in [0.25, 0.3) is 0 Å². The smallest absolute Gasteiger partial charge is 0.408 e. The third-order valence-electron chi connectivity index (χ3n) is 6.36. The second kappa shape index (κ2) is 13.7. The molecule has 216 valence electrons. The molecule has 2 unspecified atom stereocenters. The Balaban J connectivity index is 2.06. The SMILES string of the molecule is C=CCN(C(=O)C(Cc1ccccc1)NC(=O)OC(C)(C)C)C(C(=O)Nc1c(C)cccc1C)c1cccc(O)c1. The number of phenols is 1. The van der Waals surface area contributed by atoms with Crippen LogP contribution >= 0.6 is 0 Å². The molecule has 0 saturated heterocycles. The average molecular weight is 558 g/mol. The minimum Gasteiger partial charge on any atom is -0.508 e. The van der Waals surface area contributed by atoms with E-state index in [-0.39, 0.29) is 18.7 Å². The van der Waals surface area contributed by atoms with Crippen LogP contribution in [0.5, 0.6) is 5.75 Å². The minimum atomic E-state index is -1.15. The van der Waals surface area contributed by atoms with Crippen LogP contribution in [0.2, 0.25) is 0 Å². The van der Waals surface area contributed by atoms with Crippen molar-refractivity contribution in [1.29, 1.82) is 0 Å². The number of nitrogens with one attached hydrogen (secondary N) is 2. The lowest BCUT2D eigenvalue weighted by Crippen LogP contribution is -2.53. The molecule has 3 amide bonds. The lowest BCUT2D eigenvalue weighted by Gasteiger charge is -2.34. The van der Waals surface area contributed by atoms with Crippen molar-refractivity contribution in [1.82, 2.24) is 10.2 Å². The summed E-state index contributed by atoms with van der Waals surface area (Å²) in [6.07, 6.45) is 0.935. The van der Waals surface area contributed by atoms with Gasteiger partial charge in [0.15, 0.2) is 0 Å². The predicted octanol–water partition coefficient (Wildman–Crippen LogP) is 5.84. The Morgan fingerprint density at radius 3 is 2.20 bits per heavy atom. The molecule has 0 aliphatic rings. The van der Waals surface area contributed by atoms with Gasteiger partial charge in [-0.1, -0.05) is 66.7 Å². The van der Waals surface area contributed by atoms with Crippen molar-refractivity contribution >= 4 is 23.6 Å². The van der Waals surface area contributed by atoms with Crippen molar-refractivity contribution in [3.63, 3.8) is 0 Å². The normalized spacial score (nSPS) is 12.5. The van der Waals surface area contributed by atoms with Crippen LogP contribution in [-0.4, -0.2) is 46.1 Å². The maximum absolute atomic E-state index is 14.3. The number of amides is 3. The number of ether oxygens (including phenoxy) is 1.